The van der Waals surface area contributed by atoms with E-state index in [1.165, 1.54) is 18.2 Å². The van der Waals surface area contributed by atoms with Crippen LogP contribution in [0.1, 0.15) is 16.2 Å². The van der Waals surface area contributed by atoms with E-state index in [2.05, 4.69) is 47.3 Å². The van der Waals surface area contributed by atoms with Crippen LogP contribution in [0.5, 0.6) is 0 Å². The van der Waals surface area contributed by atoms with Crippen molar-refractivity contribution in [2.45, 2.75) is 6.18 Å². The summed E-state index contributed by atoms with van der Waals surface area (Å²) >= 11 is 18.3. The number of carbonyl (C=O) groups excluding carboxylic acids is 1. The maximum absolute atomic E-state index is 13.8. The number of fused-ring (bicyclic) bond motifs is 1. The number of halogens is 7. The lowest BCUT2D eigenvalue weighted by atomic mass is 10.1. The van der Waals surface area contributed by atoms with Crippen LogP contribution in [0.25, 0.3) is 16.9 Å². The number of anilines is 1. The average Bonchev–Trinajstić information content (AvgIpc) is 3.06. The number of rotatable bonds is 3. The van der Waals surface area contributed by atoms with Gasteiger partial charge in [0.2, 0.25) is 0 Å². The highest BCUT2D eigenvalue weighted by Crippen LogP contribution is 2.35. The first kappa shape index (κ1) is 23.0. The third-order valence-electron chi connectivity index (χ3n) is 4.36. The largest absolute Gasteiger partial charge is 0.433 e. The summed E-state index contributed by atoms with van der Waals surface area (Å²) in [6.07, 6.45) is -4.74. The Kier molecular flexibility index (Phi) is 6.23. The lowest BCUT2D eigenvalue weighted by Gasteiger charge is -2.11. The average molecular weight is 609 g/mol. The summed E-state index contributed by atoms with van der Waals surface area (Å²) in [4.78, 5) is 17.1. The van der Waals surface area contributed by atoms with E-state index < -0.39 is 17.8 Å². The third-order valence-corrected chi connectivity index (χ3v) is 6.35. The molecule has 1 amide bonds. The van der Waals surface area contributed by atoms with E-state index in [4.69, 9.17) is 23.2 Å². The summed E-state index contributed by atoms with van der Waals surface area (Å²) in [5, 5.41) is 6.91. The summed E-state index contributed by atoms with van der Waals surface area (Å²) < 4.78 is 42.8. The summed E-state index contributed by atoms with van der Waals surface area (Å²) in [7, 11) is 0. The number of amides is 1. The Morgan fingerprint density at radius 1 is 1.00 bits per heavy atom. The van der Waals surface area contributed by atoms with E-state index in [0.717, 1.165) is 10.5 Å². The molecule has 0 spiro atoms. The molecular formula is C20H9Br2Cl2F3N4O. The molecule has 0 fully saturated rings. The molecule has 0 unspecified atom stereocenters. The van der Waals surface area contributed by atoms with E-state index in [0.29, 0.717) is 15.8 Å². The topological polar surface area (TPSA) is 59.3 Å². The van der Waals surface area contributed by atoms with Crippen molar-refractivity contribution in [3.05, 3.63) is 78.9 Å². The van der Waals surface area contributed by atoms with Crippen molar-refractivity contribution in [2.24, 2.45) is 0 Å². The van der Waals surface area contributed by atoms with Crippen LogP contribution in [0.3, 0.4) is 0 Å². The minimum absolute atomic E-state index is 0.0134. The first-order chi connectivity index (χ1) is 15.0. The minimum Gasteiger partial charge on any atom is -0.321 e. The number of aromatic nitrogens is 3. The van der Waals surface area contributed by atoms with E-state index in [9.17, 15) is 18.0 Å². The molecule has 4 rings (SSSR count). The van der Waals surface area contributed by atoms with Gasteiger partial charge in [0.1, 0.15) is 0 Å². The first-order valence-corrected chi connectivity index (χ1v) is 11.1. The number of hydrogen-bond donors (Lipinski definition) is 1. The summed E-state index contributed by atoms with van der Waals surface area (Å²) in [6, 6.07) is 11.9. The van der Waals surface area contributed by atoms with Crippen LogP contribution in [-0.4, -0.2) is 20.5 Å². The van der Waals surface area contributed by atoms with Crippen LogP contribution >= 0.6 is 55.1 Å². The fourth-order valence-corrected chi connectivity index (χ4v) is 3.95. The van der Waals surface area contributed by atoms with Crippen molar-refractivity contribution in [3.63, 3.8) is 0 Å². The van der Waals surface area contributed by atoms with Crippen molar-refractivity contribution < 1.29 is 18.0 Å². The Balaban J connectivity index is 1.83. The molecule has 32 heavy (non-hydrogen) atoms. The summed E-state index contributed by atoms with van der Waals surface area (Å²) in [6.45, 7) is 0. The molecule has 0 saturated heterocycles. The number of alkyl halides is 3. The monoisotopic (exact) mass is 606 g/mol. The van der Waals surface area contributed by atoms with Crippen LogP contribution in [0.2, 0.25) is 10.0 Å². The predicted octanol–water partition coefficient (Wildman–Crippen LogP) is 7.50. The van der Waals surface area contributed by atoms with Crippen molar-refractivity contribution in [3.8, 4) is 11.3 Å². The van der Waals surface area contributed by atoms with Gasteiger partial charge < -0.3 is 5.32 Å². The second-order valence-corrected chi connectivity index (χ2v) is 9.04. The van der Waals surface area contributed by atoms with Gasteiger partial charge in [0.15, 0.2) is 17.0 Å². The maximum Gasteiger partial charge on any atom is 0.433 e. The molecular weight excluding hydrogens is 600 g/mol. The minimum atomic E-state index is -4.74. The zero-order valence-electron chi connectivity index (χ0n) is 15.5. The standard InChI is InChI=1S/C20H9Br2Cl2F3N4O/c21-10-3-1-9(2-4-10)14-8-15(20(25,26)27)31-18(29-14)16(22)17(30-31)19(32)28-11-5-6-12(23)13(24)7-11/h1-8H,(H,28,32). The quantitative estimate of drug-likeness (QED) is 0.262. The molecule has 4 aromatic rings. The fraction of sp³-hybridized carbons (Fsp3) is 0.0500. The zero-order valence-corrected chi connectivity index (χ0v) is 20.2. The lowest BCUT2D eigenvalue weighted by molar-refractivity contribution is -0.142. The van der Waals surface area contributed by atoms with E-state index in [1.54, 1.807) is 24.3 Å². The van der Waals surface area contributed by atoms with Crippen LogP contribution in [-0.2, 0) is 6.18 Å². The Hall–Kier alpha value is -2.14. The SMILES string of the molecule is O=C(Nc1ccc(Cl)c(Cl)c1)c1nn2c(C(F)(F)F)cc(-c3ccc(Br)cc3)nc2c1Br. The predicted molar refractivity (Wildman–Crippen MR) is 123 cm³/mol. The second-order valence-electron chi connectivity index (χ2n) is 6.51. The molecule has 12 heteroatoms. The number of carbonyl (C=O) groups is 1. The van der Waals surface area contributed by atoms with Crippen LogP contribution in [0, 0.1) is 0 Å². The fourth-order valence-electron chi connectivity index (χ4n) is 2.87. The Morgan fingerprint density at radius 3 is 2.31 bits per heavy atom. The van der Waals surface area contributed by atoms with E-state index in [1.807, 2.05) is 0 Å². The Labute approximate surface area is 205 Å². The number of nitrogens with zero attached hydrogens (tertiary/aromatic N) is 3. The molecule has 2 heterocycles. The zero-order chi connectivity index (χ0) is 23.2. The van der Waals surface area contributed by atoms with Crippen LogP contribution in [0.15, 0.2) is 57.5 Å². The third kappa shape index (κ3) is 4.50. The van der Waals surface area contributed by atoms with Gasteiger partial charge in [0.05, 0.1) is 20.2 Å². The number of hydrogen-bond acceptors (Lipinski definition) is 3. The van der Waals surface area contributed by atoms with Gasteiger partial charge in [0, 0.05) is 15.7 Å². The smallest absolute Gasteiger partial charge is 0.321 e. The highest BCUT2D eigenvalue weighted by atomic mass is 79.9. The molecule has 0 radical (unpaired) electrons. The van der Waals surface area contributed by atoms with Gasteiger partial charge in [-0.25, -0.2) is 9.50 Å². The van der Waals surface area contributed by atoms with E-state index >= 15 is 0 Å². The Morgan fingerprint density at radius 2 is 1.69 bits per heavy atom. The number of nitrogens with one attached hydrogen (secondary N) is 1. The van der Waals surface area contributed by atoms with E-state index in [-0.39, 0.29) is 31.6 Å². The molecule has 5 nitrogen and oxygen atoms in total. The van der Waals surface area contributed by atoms with Gasteiger partial charge in [-0.15, -0.1) is 0 Å². The van der Waals surface area contributed by atoms with Gasteiger partial charge in [-0.2, -0.15) is 18.3 Å². The van der Waals surface area contributed by atoms with Crippen molar-refractivity contribution in [1.29, 1.82) is 0 Å². The molecule has 0 aliphatic heterocycles. The normalized spacial score (nSPS) is 11.7. The van der Waals surface area contributed by atoms with Crippen molar-refractivity contribution in [1.82, 2.24) is 14.6 Å². The first-order valence-electron chi connectivity index (χ1n) is 8.73. The highest BCUT2D eigenvalue weighted by Gasteiger charge is 2.36. The molecule has 0 aliphatic carbocycles. The molecule has 1 N–H and O–H groups in total. The van der Waals surface area contributed by atoms with Gasteiger partial charge in [-0.05, 0) is 52.3 Å². The maximum atomic E-state index is 13.8. The van der Waals surface area contributed by atoms with Gasteiger partial charge in [-0.3, -0.25) is 4.79 Å². The van der Waals surface area contributed by atoms with Crippen molar-refractivity contribution in [2.75, 3.05) is 5.32 Å². The summed E-state index contributed by atoms with van der Waals surface area (Å²) in [5.74, 6) is -0.751. The van der Waals surface area contributed by atoms with Gasteiger partial charge >= 0.3 is 6.18 Å². The number of benzene rings is 2. The van der Waals surface area contributed by atoms with Gasteiger partial charge in [0.25, 0.3) is 5.91 Å². The molecule has 0 saturated carbocycles. The van der Waals surface area contributed by atoms with Crippen LogP contribution in [0.4, 0.5) is 18.9 Å². The molecule has 0 aliphatic rings. The summed E-state index contributed by atoms with van der Waals surface area (Å²) in [5.41, 5.74) is -0.660. The van der Waals surface area contributed by atoms with Crippen molar-refractivity contribution >= 4 is 72.3 Å². The Bertz CT molecular complexity index is 1360. The highest BCUT2D eigenvalue weighted by molar-refractivity contribution is 9.11. The van der Waals surface area contributed by atoms with Crippen LogP contribution < -0.4 is 5.32 Å². The molecule has 0 bridgehead atoms. The molecule has 164 valence electrons. The lowest BCUT2D eigenvalue weighted by Crippen LogP contribution is -2.15. The molecule has 0 atom stereocenters. The molecule has 2 aromatic heterocycles. The second kappa shape index (κ2) is 8.66. The van der Waals surface area contributed by atoms with Gasteiger partial charge in [-0.1, -0.05) is 51.3 Å². The molecule has 2 aromatic carbocycles.